The summed E-state index contributed by atoms with van der Waals surface area (Å²) in [7, 11) is 0. The van der Waals surface area contributed by atoms with Crippen LogP contribution in [0.1, 0.15) is 5.56 Å². The number of benzene rings is 1. The summed E-state index contributed by atoms with van der Waals surface area (Å²) in [6.45, 7) is 2.12. The Balaban J connectivity index is 2.59. The highest BCUT2D eigenvalue weighted by Gasteiger charge is 2.04. The van der Waals surface area contributed by atoms with Gasteiger partial charge >= 0.3 is 0 Å². The molecule has 0 spiro atoms. The summed E-state index contributed by atoms with van der Waals surface area (Å²) in [4.78, 5) is 0. The fraction of sp³-hybridized carbons (Fsp3) is 0.100. The predicted octanol–water partition coefficient (Wildman–Crippen LogP) is 2.99. The van der Waals surface area contributed by atoms with Gasteiger partial charge in [-0.25, -0.2) is 0 Å². The number of H-pyrrole nitrogens is 1. The zero-order valence-corrected chi connectivity index (χ0v) is 9.37. The molecule has 2 nitrogen and oxygen atoms in total. The van der Waals surface area contributed by atoms with Gasteiger partial charge in [-0.3, -0.25) is 5.10 Å². The third kappa shape index (κ3) is 1.60. The molecule has 13 heavy (non-hydrogen) atoms. The minimum atomic E-state index is 1.01. The quantitative estimate of drug-likeness (QED) is 0.801. The van der Waals surface area contributed by atoms with Crippen LogP contribution < -0.4 is 0 Å². The lowest BCUT2D eigenvalue weighted by Crippen LogP contribution is -1.86. The molecule has 66 valence electrons. The first-order valence-electron chi connectivity index (χ1n) is 4.04. The molecular formula is C10H9IN2. The second-order valence-corrected chi connectivity index (χ2v) is 4.03. The molecule has 1 N–H and O–H groups in total. The molecule has 2 aromatic rings. The van der Waals surface area contributed by atoms with E-state index in [4.69, 9.17) is 0 Å². The van der Waals surface area contributed by atoms with Gasteiger partial charge in [0, 0.05) is 15.3 Å². The standard InChI is InChI=1S/C10H9IN2/c1-7-8(3-2-4-9(7)11)10-5-6-12-13-10/h2-6H,1H3,(H,12,13). The fourth-order valence-corrected chi connectivity index (χ4v) is 1.79. The topological polar surface area (TPSA) is 28.7 Å². The average molecular weight is 284 g/mol. The van der Waals surface area contributed by atoms with Crippen LogP contribution in [0.3, 0.4) is 0 Å². The number of aromatic nitrogens is 2. The molecule has 0 saturated carbocycles. The van der Waals surface area contributed by atoms with Crippen molar-refractivity contribution in [1.29, 1.82) is 0 Å². The van der Waals surface area contributed by atoms with E-state index in [1.54, 1.807) is 0 Å². The lowest BCUT2D eigenvalue weighted by atomic mass is 10.1. The first-order valence-corrected chi connectivity index (χ1v) is 5.12. The van der Waals surface area contributed by atoms with E-state index in [1.165, 1.54) is 14.7 Å². The van der Waals surface area contributed by atoms with Crippen molar-refractivity contribution in [3.8, 4) is 11.3 Å². The molecule has 1 aromatic heterocycles. The smallest absolute Gasteiger partial charge is 0.0923 e. The molecular weight excluding hydrogens is 275 g/mol. The number of halogens is 1. The number of nitrogens with zero attached hydrogens (tertiary/aromatic N) is 1. The minimum Gasteiger partial charge on any atom is -0.285 e. The van der Waals surface area contributed by atoms with Crippen LogP contribution in [0.5, 0.6) is 0 Å². The first kappa shape index (κ1) is 8.74. The summed E-state index contributed by atoms with van der Waals surface area (Å²) in [6.07, 6.45) is 1.84. The molecule has 0 aliphatic rings. The van der Waals surface area contributed by atoms with Crippen LogP contribution in [0.25, 0.3) is 11.3 Å². The molecule has 0 atom stereocenters. The highest BCUT2D eigenvalue weighted by molar-refractivity contribution is 14.1. The van der Waals surface area contributed by atoms with Gasteiger partial charge in [-0.2, -0.15) is 5.10 Å². The van der Waals surface area contributed by atoms with E-state index >= 15 is 0 Å². The lowest BCUT2D eigenvalue weighted by Gasteiger charge is -2.03. The van der Waals surface area contributed by atoms with Crippen molar-refractivity contribution < 1.29 is 0 Å². The van der Waals surface area contributed by atoms with Gasteiger partial charge in [0.2, 0.25) is 0 Å². The van der Waals surface area contributed by atoms with Crippen molar-refractivity contribution in [1.82, 2.24) is 10.2 Å². The van der Waals surface area contributed by atoms with Crippen molar-refractivity contribution in [3.63, 3.8) is 0 Å². The summed E-state index contributed by atoms with van der Waals surface area (Å²) in [6, 6.07) is 8.23. The summed E-state index contributed by atoms with van der Waals surface area (Å²) in [5, 5.41) is 6.98. The van der Waals surface area contributed by atoms with Crippen molar-refractivity contribution in [3.05, 3.63) is 39.6 Å². The normalized spacial score (nSPS) is 10.3. The molecule has 1 heterocycles. The van der Waals surface area contributed by atoms with Gasteiger partial charge < -0.3 is 0 Å². The van der Waals surface area contributed by atoms with Crippen LogP contribution in [-0.4, -0.2) is 10.2 Å². The van der Waals surface area contributed by atoms with E-state index in [9.17, 15) is 0 Å². The zero-order chi connectivity index (χ0) is 9.26. The maximum absolute atomic E-state index is 4.16. The maximum atomic E-state index is 4.16. The zero-order valence-electron chi connectivity index (χ0n) is 7.21. The number of aromatic amines is 1. The summed E-state index contributed by atoms with van der Waals surface area (Å²) < 4.78 is 1.28. The Morgan fingerprint density at radius 3 is 2.85 bits per heavy atom. The van der Waals surface area contributed by atoms with E-state index in [1.807, 2.05) is 12.3 Å². The van der Waals surface area contributed by atoms with Crippen molar-refractivity contribution in [2.24, 2.45) is 0 Å². The summed E-state index contributed by atoms with van der Waals surface area (Å²) in [5.41, 5.74) is 3.50. The van der Waals surface area contributed by atoms with Gasteiger partial charge in [-0.15, -0.1) is 0 Å². The third-order valence-corrected chi connectivity index (χ3v) is 3.21. The van der Waals surface area contributed by atoms with Crippen LogP contribution in [-0.2, 0) is 0 Å². The van der Waals surface area contributed by atoms with Crippen molar-refractivity contribution in [2.75, 3.05) is 0 Å². The van der Waals surface area contributed by atoms with Gasteiger partial charge in [0.05, 0.1) is 5.69 Å². The molecule has 1 aromatic carbocycles. The second-order valence-electron chi connectivity index (χ2n) is 2.87. The van der Waals surface area contributed by atoms with Gasteiger partial charge in [0.25, 0.3) is 0 Å². The molecule has 3 heteroatoms. The van der Waals surface area contributed by atoms with Crippen LogP contribution in [0, 0.1) is 10.5 Å². The Bertz CT molecular complexity index is 407. The van der Waals surface area contributed by atoms with Gasteiger partial charge in [-0.1, -0.05) is 12.1 Å². The largest absolute Gasteiger partial charge is 0.285 e. The number of hydrogen-bond acceptors (Lipinski definition) is 1. The monoisotopic (exact) mass is 284 g/mol. The molecule has 0 unspecified atom stereocenters. The SMILES string of the molecule is Cc1c(I)cccc1-c1cc[nH]n1. The van der Waals surface area contributed by atoms with E-state index in [2.05, 4.69) is 57.9 Å². The van der Waals surface area contributed by atoms with Gasteiger partial charge in [0.1, 0.15) is 0 Å². The van der Waals surface area contributed by atoms with Gasteiger partial charge in [0.15, 0.2) is 0 Å². The Morgan fingerprint density at radius 1 is 1.31 bits per heavy atom. The molecule has 0 radical (unpaired) electrons. The van der Waals surface area contributed by atoms with Crippen LogP contribution in [0.4, 0.5) is 0 Å². The predicted molar refractivity (Wildman–Crippen MR) is 61.5 cm³/mol. The Labute approximate surface area is 90.5 Å². The molecule has 0 aliphatic heterocycles. The highest BCUT2D eigenvalue weighted by Crippen LogP contribution is 2.24. The number of rotatable bonds is 1. The van der Waals surface area contributed by atoms with E-state index in [-0.39, 0.29) is 0 Å². The number of nitrogens with one attached hydrogen (secondary N) is 1. The molecule has 0 saturated heterocycles. The van der Waals surface area contributed by atoms with E-state index < -0.39 is 0 Å². The van der Waals surface area contributed by atoms with E-state index in [0.717, 1.165) is 5.69 Å². The summed E-state index contributed by atoms with van der Waals surface area (Å²) in [5.74, 6) is 0. The molecule has 0 fully saturated rings. The second kappa shape index (κ2) is 3.49. The van der Waals surface area contributed by atoms with Gasteiger partial charge in [-0.05, 0) is 47.2 Å². The molecule has 0 aliphatic carbocycles. The first-order chi connectivity index (χ1) is 6.29. The Hall–Kier alpha value is -0.840. The van der Waals surface area contributed by atoms with Crippen LogP contribution in [0.2, 0.25) is 0 Å². The highest BCUT2D eigenvalue weighted by atomic mass is 127. The Kier molecular flexibility index (Phi) is 2.35. The van der Waals surface area contributed by atoms with E-state index in [0.29, 0.717) is 0 Å². The Morgan fingerprint density at radius 2 is 2.15 bits per heavy atom. The van der Waals surface area contributed by atoms with Crippen molar-refractivity contribution in [2.45, 2.75) is 6.92 Å². The van der Waals surface area contributed by atoms with Crippen LogP contribution >= 0.6 is 22.6 Å². The molecule has 2 rings (SSSR count). The molecule has 0 amide bonds. The minimum absolute atomic E-state index is 1.01. The molecule has 0 bridgehead atoms. The fourth-order valence-electron chi connectivity index (χ4n) is 1.30. The van der Waals surface area contributed by atoms with Crippen molar-refractivity contribution >= 4 is 22.6 Å². The number of hydrogen-bond donors (Lipinski definition) is 1. The summed E-state index contributed by atoms with van der Waals surface area (Å²) >= 11 is 2.34. The maximum Gasteiger partial charge on any atom is 0.0923 e. The average Bonchev–Trinajstić information content (AvgIpc) is 2.62. The van der Waals surface area contributed by atoms with Crippen LogP contribution in [0.15, 0.2) is 30.5 Å². The lowest BCUT2D eigenvalue weighted by molar-refractivity contribution is 1.09. The third-order valence-electron chi connectivity index (χ3n) is 2.04.